The summed E-state index contributed by atoms with van der Waals surface area (Å²) in [4.78, 5) is 10.3. The number of aliphatic hydroxyl groups excluding tert-OH is 1. The summed E-state index contributed by atoms with van der Waals surface area (Å²) in [5, 5.41) is 19.5. The maximum Gasteiger partial charge on any atom is 0.0433 e. The van der Waals surface area contributed by atoms with E-state index in [2.05, 4.69) is 6.92 Å². The fourth-order valence-corrected chi connectivity index (χ4v) is 3.24. The molecule has 0 amide bonds. The van der Waals surface area contributed by atoms with Gasteiger partial charge in [0.15, 0.2) is 0 Å². The molecule has 0 aromatic carbocycles. The number of hydrogen-bond acceptors (Lipinski definition) is 3. The van der Waals surface area contributed by atoms with Crippen LogP contribution in [0.3, 0.4) is 0 Å². The highest BCUT2D eigenvalue weighted by atomic mass is 16.4. The Kier molecular flexibility index (Phi) is 17.3. The van der Waals surface area contributed by atoms with Crippen LogP contribution in [0.15, 0.2) is 0 Å². The zero-order chi connectivity index (χ0) is 17.2. The van der Waals surface area contributed by atoms with Crippen molar-refractivity contribution in [3.05, 3.63) is 0 Å². The fourth-order valence-electron chi connectivity index (χ4n) is 3.24. The second-order valence-electron chi connectivity index (χ2n) is 6.97. The van der Waals surface area contributed by atoms with Crippen molar-refractivity contribution in [1.29, 1.82) is 0 Å². The number of rotatable bonds is 18. The Morgan fingerprint density at radius 2 is 1.26 bits per heavy atom. The van der Waals surface area contributed by atoms with Crippen LogP contribution in [0.4, 0.5) is 0 Å². The highest BCUT2D eigenvalue weighted by Crippen LogP contribution is 2.21. The number of aliphatic hydroxyl groups is 1. The number of aliphatic carboxylic acids is 1. The van der Waals surface area contributed by atoms with E-state index < -0.39 is 5.97 Å². The van der Waals surface area contributed by atoms with Gasteiger partial charge in [0.25, 0.3) is 0 Å². The van der Waals surface area contributed by atoms with Gasteiger partial charge in [0.05, 0.1) is 0 Å². The van der Waals surface area contributed by atoms with Gasteiger partial charge < -0.3 is 15.0 Å². The summed E-state index contributed by atoms with van der Waals surface area (Å²) in [5.74, 6) is -0.196. The molecule has 3 nitrogen and oxygen atoms in total. The summed E-state index contributed by atoms with van der Waals surface area (Å²) in [7, 11) is 0. The lowest BCUT2D eigenvalue weighted by Gasteiger charge is -2.15. The molecule has 0 rings (SSSR count). The van der Waals surface area contributed by atoms with E-state index in [1.165, 1.54) is 70.6 Å². The largest absolute Gasteiger partial charge is 0.550 e. The van der Waals surface area contributed by atoms with Crippen molar-refractivity contribution in [2.75, 3.05) is 6.61 Å². The molecule has 0 aliphatic rings. The summed E-state index contributed by atoms with van der Waals surface area (Å²) >= 11 is 0. The van der Waals surface area contributed by atoms with Crippen LogP contribution in [0.2, 0.25) is 0 Å². The smallest absolute Gasteiger partial charge is 0.0433 e. The molecule has 1 atom stereocenters. The number of unbranched alkanes of at least 4 members (excludes halogenated alkanes) is 10. The van der Waals surface area contributed by atoms with Gasteiger partial charge in [0.1, 0.15) is 0 Å². The minimum atomic E-state index is -0.919. The van der Waals surface area contributed by atoms with E-state index in [-0.39, 0.29) is 6.42 Å². The topological polar surface area (TPSA) is 60.4 Å². The van der Waals surface area contributed by atoms with Crippen LogP contribution in [-0.4, -0.2) is 17.7 Å². The molecule has 0 bridgehead atoms. The van der Waals surface area contributed by atoms with Gasteiger partial charge in [0.2, 0.25) is 0 Å². The standard InChI is InChI=1S/C20H40O3/c1-2-3-4-11-14-19(17-18-21)15-12-9-7-5-6-8-10-13-16-20(22)23/h19,21H,2-18H2,1H3,(H,22,23)/p-1. The Morgan fingerprint density at radius 3 is 1.74 bits per heavy atom. The van der Waals surface area contributed by atoms with E-state index >= 15 is 0 Å². The minimum absolute atomic E-state index is 0.213. The van der Waals surface area contributed by atoms with E-state index in [1.54, 1.807) is 0 Å². The van der Waals surface area contributed by atoms with Crippen LogP contribution in [0.25, 0.3) is 0 Å². The molecule has 0 aliphatic carbocycles. The lowest BCUT2D eigenvalue weighted by molar-refractivity contribution is -0.305. The molecule has 0 radical (unpaired) electrons. The van der Waals surface area contributed by atoms with Crippen molar-refractivity contribution >= 4 is 5.97 Å². The third-order valence-electron chi connectivity index (χ3n) is 4.75. The van der Waals surface area contributed by atoms with Crippen molar-refractivity contribution in [3.63, 3.8) is 0 Å². The second-order valence-corrected chi connectivity index (χ2v) is 6.97. The molecule has 0 aromatic rings. The van der Waals surface area contributed by atoms with E-state index in [4.69, 9.17) is 0 Å². The van der Waals surface area contributed by atoms with E-state index in [9.17, 15) is 15.0 Å². The molecule has 0 heterocycles. The predicted molar refractivity (Wildman–Crippen MR) is 95.1 cm³/mol. The second kappa shape index (κ2) is 17.8. The summed E-state index contributed by atoms with van der Waals surface area (Å²) < 4.78 is 0. The van der Waals surface area contributed by atoms with E-state index in [0.29, 0.717) is 6.61 Å². The maximum atomic E-state index is 10.3. The summed E-state index contributed by atoms with van der Waals surface area (Å²) in [6, 6.07) is 0. The van der Waals surface area contributed by atoms with Gasteiger partial charge in [-0.2, -0.15) is 0 Å². The van der Waals surface area contributed by atoms with Crippen molar-refractivity contribution in [2.24, 2.45) is 5.92 Å². The van der Waals surface area contributed by atoms with Gasteiger partial charge >= 0.3 is 0 Å². The van der Waals surface area contributed by atoms with Crippen molar-refractivity contribution in [1.82, 2.24) is 0 Å². The SMILES string of the molecule is CCCCCCC(CCO)CCCCCCCCCCC(=O)[O-]. The first-order valence-corrected chi connectivity index (χ1v) is 10.0. The van der Waals surface area contributed by atoms with Gasteiger partial charge in [-0.15, -0.1) is 0 Å². The van der Waals surface area contributed by atoms with Crippen molar-refractivity contribution in [3.8, 4) is 0 Å². The first kappa shape index (κ1) is 22.4. The summed E-state index contributed by atoms with van der Waals surface area (Å²) in [6.07, 6.45) is 18.4. The van der Waals surface area contributed by atoms with Crippen molar-refractivity contribution < 1.29 is 15.0 Å². The van der Waals surface area contributed by atoms with Crippen LogP contribution in [0, 0.1) is 5.92 Å². The Labute approximate surface area is 143 Å². The Balaban J connectivity index is 3.39. The molecular weight excluding hydrogens is 288 g/mol. The minimum Gasteiger partial charge on any atom is -0.550 e. The van der Waals surface area contributed by atoms with E-state index in [1.807, 2.05) is 0 Å². The quantitative estimate of drug-likeness (QED) is 0.374. The van der Waals surface area contributed by atoms with Gasteiger partial charge in [-0.05, 0) is 25.2 Å². The first-order valence-electron chi connectivity index (χ1n) is 10.0. The van der Waals surface area contributed by atoms with Gasteiger partial charge in [-0.25, -0.2) is 0 Å². The average Bonchev–Trinajstić information content (AvgIpc) is 2.52. The number of carboxylic acid groups (broad SMARTS) is 1. The number of hydrogen-bond donors (Lipinski definition) is 1. The van der Waals surface area contributed by atoms with Crippen LogP contribution < -0.4 is 5.11 Å². The van der Waals surface area contributed by atoms with Crippen molar-refractivity contribution in [2.45, 2.75) is 110 Å². The van der Waals surface area contributed by atoms with Gasteiger partial charge in [-0.3, -0.25) is 0 Å². The van der Waals surface area contributed by atoms with Crippen LogP contribution in [-0.2, 0) is 4.79 Å². The first-order chi connectivity index (χ1) is 11.2. The number of carbonyl (C=O) groups excluding carboxylic acids is 1. The fraction of sp³-hybridized carbons (Fsp3) is 0.950. The normalized spacial score (nSPS) is 12.4. The predicted octanol–water partition coefficient (Wildman–Crippen LogP) is 4.61. The lowest BCUT2D eigenvalue weighted by Crippen LogP contribution is -2.21. The Bertz CT molecular complexity index is 253. The molecule has 0 saturated carbocycles. The molecular formula is C20H39O3-. The monoisotopic (exact) mass is 327 g/mol. The van der Waals surface area contributed by atoms with E-state index in [0.717, 1.165) is 31.6 Å². The molecule has 1 unspecified atom stereocenters. The van der Waals surface area contributed by atoms with Gasteiger partial charge in [0, 0.05) is 12.6 Å². The Morgan fingerprint density at radius 1 is 0.783 bits per heavy atom. The zero-order valence-electron chi connectivity index (χ0n) is 15.4. The highest BCUT2D eigenvalue weighted by molar-refractivity contribution is 5.63. The van der Waals surface area contributed by atoms with Crippen LogP contribution in [0.1, 0.15) is 110 Å². The third-order valence-corrected chi connectivity index (χ3v) is 4.75. The Hall–Kier alpha value is -0.570. The molecule has 138 valence electrons. The lowest BCUT2D eigenvalue weighted by atomic mass is 9.92. The molecule has 3 heteroatoms. The summed E-state index contributed by atoms with van der Waals surface area (Å²) in [5.41, 5.74) is 0. The molecule has 23 heavy (non-hydrogen) atoms. The zero-order valence-corrected chi connectivity index (χ0v) is 15.4. The number of carboxylic acids is 1. The van der Waals surface area contributed by atoms with Crippen LogP contribution >= 0.6 is 0 Å². The van der Waals surface area contributed by atoms with Crippen LogP contribution in [0.5, 0.6) is 0 Å². The molecule has 0 aliphatic heterocycles. The molecule has 0 fully saturated rings. The number of carbonyl (C=O) groups is 1. The molecule has 0 spiro atoms. The molecule has 1 N–H and O–H groups in total. The third kappa shape index (κ3) is 17.6. The van der Waals surface area contributed by atoms with Gasteiger partial charge in [-0.1, -0.05) is 90.4 Å². The summed E-state index contributed by atoms with van der Waals surface area (Å²) in [6.45, 7) is 2.58. The average molecular weight is 328 g/mol. The maximum absolute atomic E-state index is 10.3. The molecule has 0 saturated heterocycles. The highest BCUT2D eigenvalue weighted by Gasteiger charge is 2.07. The molecule has 0 aromatic heterocycles.